The van der Waals surface area contributed by atoms with Gasteiger partial charge in [-0.25, -0.2) is 9.67 Å². The van der Waals surface area contributed by atoms with Crippen molar-refractivity contribution >= 4 is 33.2 Å². The van der Waals surface area contributed by atoms with E-state index in [1.807, 2.05) is 30.3 Å². The van der Waals surface area contributed by atoms with E-state index < -0.39 is 0 Å². The van der Waals surface area contributed by atoms with E-state index in [0.29, 0.717) is 18.7 Å². The summed E-state index contributed by atoms with van der Waals surface area (Å²) >= 11 is 5.13. The minimum atomic E-state index is -0.0482. The average Bonchev–Trinajstić information content (AvgIpc) is 3.20. The van der Waals surface area contributed by atoms with Crippen molar-refractivity contribution in [2.24, 2.45) is 0 Å². The van der Waals surface area contributed by atoms with Crippen molar-refractivity contribution in [1.29, 1.82) is 0 Å². The molecule has 0 spiro atoms. The van der Waals surface area contributed by atoms with Crippen molar-refractivity contribution in [3.05, 3.63) is 68.8 Å². The summed E-state index contributed by atoms with van der Waals surface area (Å²) in [5.74, 6) is -0.0482. The predicted octanol–water partition coefficient (Wildman–Crippen LogP) is 3.12. The Labute approximate surface area is 146 Å². The van der Waals surface area contributed by atoms with Crippen LogP contribution in [0.4, 0.5) is 0 Å². The van der Waals surface area contributed by atoms with E-state index in [0.717, 1.165) is 15.8 Å². The molecule has 0 atom stereocenters. The molecule has 0 saturated carbocycles. The van der Waals surface area contributed by atoms with Gasteiger partial charge in [-0.15, -0.1) is 11.3 Å². The van der Waals surface area contributed by atoms with E-state index in [-0.39, 0.29) is 5.91 Å². The fraction of sp³-hybridized carbons (Fsp3) is 0.188. The largest absolute Gasteiger partial charge is 0.352 e. The van der Waals surface area contributed by atoms with Crippen LogP contribution in [0.25, 0.3) is 0 Å². The number of hydrogen-bond donors (Lipinski definition) is 1. The maximum Gasteiger partial charge on any atom is 0.251 e. The number of thiophene rings is 1. The molecular formula is C16H15BrN4OS. The highest BCUT2D eigenvalue weighted by molar-refractivity contribution is 9.11. The summed E-state index contributed by atoms with van der Waals surface area (Å²) in [6.45, 7) is 1.28. The molecule has 3 rings (SSSR count). The lowest BCUT2D eigenvalue weighted by atomic mass is 10.1. The summed E-state index contributed by atoms with van der Waals surface area (Å²) in [6.07, 6.45) is 4.02. The van der Waals surface area contributed by atoms with Gasteiger partial charge in [0, 0.05) is 17.0 Å². The average molecular weight is 391 g/mol. The van der Waals surface area contributed by atoms with Gasteiger partial charge in [0.05, 0.1) is 10.3 Å². The summed E-state index contributed by atoms with van der Waals surface area (Å²) in [7, 11) is 0. The van der Waals surface area contributed by atoms with Gasteiger partial charge in [-0.1, -0.05) is 12.1 Å². The fourth-order valence-corrected chi connectivity index (χ4v) is 3.63. The highest BCUT2D eigenvalue weighted by Crippen LogP contribution is 2.22. The monoisotopic (exact) mass is 390 g/mol. The molecule has 0 aliphatic heterocycles. The Kier molecular flexibility index (Phi) is 5.19. The zero-order valence-corrected chi connectivity index (χ0v) is 14.7. The molecule has 7 heteroatoms. The molecule has 0 bridgehead atoms. The minimum Gasteiger partial charge on any atom is -0.352 e. The van der Waals surface area contributed by atoms with Gasteiger partial charge in [0.2, 0.25) is 0 Å². The van der Waals surface area contributed by atoms with Crippen molar-refractivity contribution in [1.82, 2.24) is 20.1 Å². The third-order valence-corrected chi connectivity index (χ3v) is 5.00. The van der Waals surface area contributed by atoms with E-state index in [1.54, 1.807) is 22.3 Å². The van der Waals surface area contributed by atoms with Crippen LogP contribution in [0.2, 0.25) is 0 Å². The molecule has 1 N–H and O–H groups in total. The second-order valence-electron chi connectivity index (χ2n) is 5.00. The zero-order chi connectivity index (χ0) is 16.1. The highest BCUT2D eigenvalue weighted by Gasteiger charge is 2.06. The summed E-state index contributed by atoms with van der Waals surface area (Å²) in [4.78, 5) is 17.3. The maximum atomic E-state index is 12.1. The number of benzene rings is 1. The Hall–Kier alpha value is -1.99. The van der Waals surface area contributed by atoms with Gasteiger partial charge in [-0.3, -0.25) is 4.79 Å². The molecule has 1 aromatic carbocycles. The molecular weight excluding hydrogens is 376 g/mol. The standard InChI is InChI=1S/C16H15BrN4OS/c17-15-6-5-14(23-15)7-8-19-16(22)13-3-1-12(2-4-13)9-21-11-18-10-20-21/h1-6,10-11H,7-9H2,(H,19,22). The van der Waals surface area contributed by atoms with Gasteiger partial charge in [0.1, 0.15) is 12.7 Å². The Balaban J connectivity index is 1.51. The van der Waals surface area contributed by atoms with E-state index >= 15 is 0 Å². The number of carbonyl (C=O) groups is 1. The summed E-state index contributed by atoms with van der Waals surface area (Å²) in [5, 5.41) is 7.01. The second kappa shape index (κ2) is 7.52. The number of rotatable bonds is 6. The Morgan fingerprint density at radius 1 is 1.22 bits per heavy atom. The molecule has 0 fully saturated rings. The van der Waals surface area contributed by atoms with Crippen LogP contribution in [0.1, 0.15) is 20.8 Å². The Morgan fingerprint density at radius 3 is 2.70 bits per heavy atom. The van der Waals surface area contributed by atoms with Crippen LogP contribution in [-0.2, 0) is 13.0 Å². The molecule has 3 aromatic rings. The molecule has 0 aliphatic carbocycles. The van der Waals surface area contributed by atoms with Gasteiger partial charge in [-0.2, -0.15) is 5.10 Å². The van der Waals surface area contributed by atoms with Crippen molar-refractivity contribution in [2.45, 2.75) is 13.0 Å². The van der Waals surface area contributed by atoms with Crippen molar-refractivity contribution in [3.8, 4) is 0 Å². The van der Waals surface area contributed by atoms with E-state index in [2.05, 4.69) is 37.4 Å². The molecule has 0 aliphatic rings. The molecule has 23 heavy (non-hydrogen) atoms. The van der Waals surface area contributed by atoms with Gasteiger partial charge in [-0.05, 0) is 52.2 Å². The van der Waals surface area contributed by atoms with Gasteiger partial charge in [0.15, 0.2) is 0 Å². The SMILES string of the molecule is O=C(NCCc1ccc(Br)s1)c1ccc(Cn2cncn2)cc1. The summed E-state index contributed by atoms with van der Waals surface area (Å²) < 4.78 is 2.86. The number of aromatic nitrogens is 3. The quantitative estimate of drug-likeness (QED) is 0.703. The normalized spacial score (nSPS) is 10.7. The number of nitrogens with one attached hydrogen (secondary N) is 1. The van der Waals surface area contributed by atoms with Gasteiger partial charge >= 0.3 is 0 Å². The lowest BCUT2D eigenvalue weighted by Gasteiger charge is -2.06. The van der Waals surface area contributed by atoms with Crippen molar-refractivity contribution in [2.75, 3.05) is 6.54 Å². The molecule has 5 nitrogen and oxygen atoms in total. The molecule has 2 heterocycles. The first-order valence-corrected chi connectivity index (χ1v) is 8.75. The third-order valence-electron chi connectivity index (χ3n) is 3.31. The molecule has 1 amide bonds. The topological polar surface area (TPSA) is 59.8 Å². The third kappa shape index (κ3) is 4.49. The number of halogens is 1. The van der Waals surface area contributed by atoms with Gasteiger partial charge < -0.3 is 5.32 Å². The van der Waals surface area contributed by atoms with Crippen LogP contribution < -0.4 is 5.32 Å². The maximum absolute atomic E-state index is 12.1. The number of nitrogens with zero attached hydrogens (tertiary/aromatic N) is 3. The first-order chi connectivity index (χ1) is 11.2. The van der Waals surface area contributed by atoms with E-state index in [1.165, 1.54) is 11.2 Å². The number of hydrogen-bond acceptors (Lipinski definition) is 4. The van der Waals surface area contributed by atoms with Crippen LogP contribution in [0.3, 0.4) is 0 Å². The molecule has 2 aromatic heterocycles. The smallest absolute Gasteiger partial charge is 0.251 e. The van der Waals surface area contributed by atoms with Gasteiger partial charge in [0.25, 0.3) is 5.91 Å². The second-order valence-corrected chi connectivity index (χ2v) is 7.55. The first kappa shape index (κ1) is 15.9. The van der Waals surface area contributed by atoms with E-state index in [9.17, 15) is 4.79 Å². The van der Waals surface area contributed by atoms with Crippen LogP contribution in [0, 0.1) is 0 Å². The lowest BCUT2D eigenvalue weighted by molar-refractivity contribution is 0.0954. The van der Waals surface area contributed by atoms with Crippen LogP contribution in [0.5, 0.6) is 0 Å². The van der Waals surface area contributed by atoms with Crippen LogP contribution in [-0.4, -0.2) is 27.2 Å². The summed E-state index contributed by atoms with van der Waals surface area (Å²) in [5.41, 5.74) is 1.75. The fourth-order valence-electron chi connectivity index (χ4n) is 2.15. The molecule has 0 saturated heterocycles. The zero-order valence-electron chi connectivity index (χ0n) is 12.3. The molecule has 0 radical (unpaired) electrons. The summed E-state index contributed by atoms with van der Waals surface area (Å²) in [6, 6.07) is 11.6. The first-order valence-electron chi connectivity index (χ1n) is 7.14. The number of amides is 1. The number of carbonyl (C=O) groups excluding carboxylic acids is 1. The van der Waals surface area contributed by atoms with E-state index in [4.69, 9.17) is 0 Å². The Bertz CT molecular complexity index is 768. The molecule has 0 unspecified atom stereocenters. The van der Waals surface area contributed by atoms with Crippen molar-refractivity contribution < 1.29 is 4.79 Å². The van der Waals surface area contributed by atoms with Crippen LogP contribution in [0.15, 0.2) is 52.8 Å². The lowest BCUT2D eigenvalue weighted by Crippen LogP contribution is -2.25. The minimum absolute atomic E-state index is 0.0482. The highest BCUT2D eigenvalue weighted by atomic mass is 79.9. The van der Waals surface area contributed by atoms with Crippen LogP contribution >= 0.6 is 27.3 Å². The Morgan fingerprint density at radius 2 is 2.04 bits per heavy atom. The molecule has 118 valence electrons. The predicted molar refractivity (Wildman–Crippen MR) is 93.6 cm³/mol. The van der Waals surface area contributed by atoms with Crippen molar-refractivity contribution in [3.63, 3.8) is 0 Å².